The number of ether oxygens (including phenoxy) is 1. The molecule has 1 amide bonds. The van der Waals surface area contributed by atoms with E-state index in [1.165, 1.54) is 0 Å². The van der Waals surface area contributed by atoms with Crippen molar-refractivity contribution >= 4 is 17.8 Å². The second-order valence-corrected chi connectivity index (χ2v) is 3.19. The smallest absolute Gasteiger partial charge is 0.253 e. The first-order valence-electron chi connectivity index (χ1n) is 4.79. The number of nitrogens with two attached hydrogens (primary N) is 2. The van der Waals surface area contributed by atoms with Crippen molar-refractivity contribution in [3.05, 3.63) is 35.7 Å². The van der Waals surface area contributed by atoms with Gasteiger partial charge >= 0.3 is 0 Å². The van der Waals surface area contributed by atoms with Crippen molar-refractivity contribution in [3.8, 4) is 5.75 Å². The molecule has 0 heterocycles. The maximum Gasteiger partial charge on any atom is 0.253 e. The number of hydrogen-bond acceptors (Lipinski definition) is 5. The highest BCUT2D eigenvalue weighted by molar-refractivity contribution is 6.11. The molecule has 0 radical (unpaired) electrons. The molecule has 0 saturated carbocycles. The van der Waals surface area contributed by atoms with Gasteiger partial charge in [-0.2, -0.15) is 0 Å². The van der Waals surface area contributed by atoms with Crippen molar-refractivity contribution in [1.82, 2.24) is 0 Å². The zero-order chi connectivity index (χ0) is 12.8. The minimum atomic E-state index is -0.757. The Labute approximate surface area is 98.8 Å². The van der Waals surface area contributed by atoms with Crippen LogP contribution in [0.3, 0.4) is 0 Å². The van der Waals surface area contributed by atoms with Crippen LogP contribution in [0.25, 0.3) is 0 Å². The molecule has 0 saturated heterocycles. The molecule has 0 bridgehead atoms. The van der Waals surface area contributed by atoms with E-state index in [1.54, 1.807) is 31.4 Å². The molecule has 1 rings (SSSR count). The van der Waals surface area contributed by atoms with Crippen molar-refractivity contribution in [1.29, 1.82) is 5.41 Å². The zero-order valence-corrected chi connectivity index (χ0v) is 9.36. The maximum absolute atomic E-state index is 11.0. The fourth-order valence-electron chi connectivity index (χ4n) is 1.21. The fourth-order valence-corrected chi connectivity index (χ4v) is 1.21. The van der Waals surface area contributed by atoms with E-state index in [0.29, 0.717) is 11.4 Å². The first-order chi connectivity index (χ1) is 8.08. The second kappa shape index (κ2) is 5.55. The van der Waals surface area contributed by atoms with Crippen LogP contribution in [0.5, 0.6) is 5.75 Å². The van der Waals surface area contributed by atoms with Gasteiger partial charge in [-0.25, -0.2) is 0 Å². The molecular weight excluding hydrogens is 220 g/mol. The van der Waals surface area contributed by atoms with Gasteiger partial charge in [0.05, 0.1) is 12.7 Å². The third-order valence-corrected chi connectivity index (χ3v) is 2.05. The Morgan fingerprint density at radius 3 is 2.71 bits per heavy atom. The first kappa shape index (κ1) is 12.6. The quantitative estimate of drug-likeness (QED) is 0.436. The van der Waals surface area contributed by atoms with Crippen molar-refractivity contribution in [2.75, 3.05) is 12.4 Å². The normalized spacial score (nSPS) is 11.4. The molecule has 6 N–H and O–H groups in total. The van der Waals surface area contributed by atoms with E-state index in [2.05, 4.69) is 5.32 Å². The highest BCUT2D eigenvalue weighted by Gasteiger charge is 2.07. The van der Waals surface area contributed by atoms with Gasteiger partial charge in [-0.1, -0.05) is 6.07 Å². The summed E-state index contributed by atoms with van der Waals surface area (Å²) in [5.41, 5.74) is 11.3. The summed E-state index contributed by atoms with van der Waals surface area (Å²) in [5.74, 6) is -0.0769. The molecular formula is C11H14N4O2. The van der Waals surface area contributed by atoms with Crippen LogP contribution in [0.2, 0.25) is 0 Å². The summed E-state index contributed by atoms with van der Waals surface area (Å²) in [6.07, 6.45) is 0.810. The summed E-state index contributed by atoms with van der Waals surface area (Å²) in [4.78, 5) is 11.0. The summed E-state index contributed by atoms with van der Waals surface area (Å²) in [5, 5.41) is 9.81. The average molecular weight is 234 g/mol. The summed E-state index contributed by atoms with van der Waals surface area (Å²) < 4.78 is 5.04. The minimum absolute atomic E-state index is 0.0285. The topological polar surface area (TPSA) is 114 Å². The Morgan fingerprint density at radius 1 is 1.47 bits per heavy atom. The molecule has 17 heavy (non-hydrogen) atoms. The maximum atomic E-state index is 11.0. The van der Waals surface area contributed by atoms with Gasteiger partial charge in [0, 0.05) is 18.0 Å². The number of anilines is 1. The van der Waals surface area contributed by atoms with Gasteiger partial charge in [-0.15, -0.1) is 0 Å². The number of benzene rings is 1. The van der Waals surface area contributed by atoms with Gasteiger partial charge < -0.3 is 26.9 Å². The Kier molecular flexibility index (Phi) is 4.10. The molecule has 0 aliphatic heterocycles. The predicted molar refractivity (Wildman–Crippen MR) is 65.8 cm³/mol. The van der Waals surface area contributed by atoms with E-state index in [0.717, 1.165) is 6.21 Å². The lowest BCUT2D eigenvalue weighted by molar-refractivity contribution is -0.114. The lowest BCUT2D eigenvalue weighted by atomic mass is 10.2. The van der Waals surface area contributed by atoms with Crippen LogP contribution >= 0.6 is 0 Å². The Morgan fingerprint density at radius 2 is 2.18 bits per heavy atom. The van der Waals surface area contributed by atoms with Crippen LogP contribution in [0, 0.1) is 5.41 Å². The van der Waals surface area contributed by atoms with Crippen molar-refractivity contribution < 1.29 is 9.53 Å². The average Bonchev–Trinajstić information content (AvgIpc) is 2.29. The van der Waals surface area contributed by atoms with Crippen molar-refractivity contribution in [2.45, 2.75) is 0 Å². The van der Waals surface area contributed by atoms with Crippen molar-refractivity contribution in [2.24, 2.45) is 11.5 Å². The molecule has 1 aromatic carbocycles. The third-order valence-electron chi connectivity index (χ3n) is 2.05. The van der Waals surface area contributed by atoms with Gasteiger partial charge in [0.25, 0.3) is 5.91 Å². The van der Waals surface area contributed by atoms with Gasteiger partial charge in [0.2, 0.25) is 0 Å². The van der Waals surface area contributed by atoms with E-state index in [-0.39, 0.29) is 11.4 Å². The zero-order valence-electron chi connectivity index (χ0n) is 9.36. The summed E-state index contributed by atoms with van der Waals surface area (Å²) in [6.45, 7) is 0. The van der Waals surface area contributed by atoms with Crippen molar-refractivity contribution in [3.63, 3.8) is 0 Å². The second-order valence-electron chi connectivity index (χ2n) is 3.19. The SMILES string of the molecule is COc1cccc(N/C(N)=C(/C=N)C(N)=O)c1. The summed E-state index contributed by atoms with van der Waals surface area (Å²) in [6, 6.07) is 6.99. The van der Waals surface area contributed by atoms with E-state index in [9.17, 15) is 4.79 Å². The number of amides is 1. The third kappa shape index (κ3) is 3.23. The molecule has 1 aromatic rings. The molecule has 0 aromatic heterocycles. The van der Waals surface area contributed by atoms with Crippen LogP contribution in [0.15, 0.2) is 35.7 Å². The van der Waals surface area contributed by atoms with E-state index in [4.69, 9.17) is 21.6 Å². The molecule has 90 valence electrons. The minimum Gasteiger partial charge on any atom is -0.497 e. The van der Waals surface area contributed by atoms with E-state index < -0.39 is 5.91 Å². The monoisotopic (exact) mass is 234 g/mol. The van der Waals surface area contributed by atoms with Crippen LogP contribution < -0.4 is 21.5 Å². The number of primary amides is 1. The number of carbonyl (C=O) groups excluding carboxylic acids is 1. The molecule has 6 heteroatoms. The van der Waals surface area contributed by atoms with Gasteiger partial charge in [-0.05, 0) is 12.1 Å². The van der Waals surface area contributed by atoms with E-state index >= 15 is 0 Å². The summed E-state index contributed by atoms with van der Waals surface area (Å²) >= 11 is 0. The van der Waals surface area contributed by atoms with Gasteiger partial charge in [0.15, 0.2) is 0 Å². The molecule has 6 nitrogen and oxygen atoms in total. The molecule has 0 aliphatic carbocycles. The summed E-state index contributed by atoms with van der Waals surface area (Å²) in [7, 11) is 1.55. The highest BCUT2D eigenvalue weighted by Crippen LogP contribution is 2.17. The highest BCUT2D eigenvalue weighted by atomic mass is 16.5. The number of carbonyl (C=O) groups is 1. The largest absolute Gasteiger partial charge is 0.497 e. The lowest BCUT2D eigenvalue weighted by Crippen LogP contribution is -2.23. The van der Waals surface area contributed by atoms with Crippen LogP contribution in [0.4, 0.5) is 5.69 Å². The number of methoxy groups -OCH3 is 1. The Hall–Kier alpha value is -2.50. The van der Waals surface area contributed by atoms with Crippen LogP contribution in [-0.4, -0.2) is 19.2 Å². The standard InChI is InChI=1S/C11H14N4O2/c1-17-8-4-2-3-7(5-8)15-10(13)9(6-12)11(14)16/h2-6,12,15H,13H2,1H3,(H2,14,16)/b10-9-,12-6?. The number of nitrogens with one attached hydrogen (secondary N) is 2. The van der Waals surface area contributed by atoms with Gasteiger partial charge in [0.1, 0.15) is 11.6 Å². The molecule has 0 fully saturated rings. The lowest BCUT2D eigenvalue weighted by Gasteiger charge is -2.09. The van der Waals surface area contributed by atoms with E-state index in [1.807, 2.05) is 0 Å². The molecule has 0 atom stereocenters. The van der Waals surface area contributed by atoms with Gasteiger partial charge in [-0.3, -0.25) is 4.79 Å². The predicted octanol–water partition coefficient (Wildman–Crippen LogP) is 0.412. The first-order valence-corrected chi connectivity index (χ1v) is 4.79. The Bertz CT molecular complexity index is 468. The molecule has 0 unspecified atom stereocenters. The van der Waals surface area contributed by atoms with Crippen LogP contribution in [-0.2, 0) is 4.79 Å². The molecule has 0 spiro atoms. The van der Waals surface area contributed by atoms with Crippen LogP contribution in [0.1, 0.15) is 0 Å². The fraction of sp³-hybridized carbons (Fsp3) is 0.0909. The molecule has 0 aliphatic rings. The Balaban J connectivity index is 2.97. The number of rotatable bonds is 5. The number of hydrogen-bond donors (Lipinski definition) is 4.